The van der Waals surface area contributed by atoms with E-state index < -0.39 is 0 Å². The molecule has 0 radical (unpaired) electrons. The van der Waals surface area contributed by atoms with Crippen molar-refractivity contribution in [1.82, 2.24) is 4.90 Å². The fourth-order valence-corrected chi connectivity index (χ4v) is 1.35. The van der Waals surface area contributed by atoms with E-state index in [0.29, 0.717) is 12.2 Å². The zero-order valence-corrected chi connectivity index (χ0v) is 8.08. The summed E-state index contributed by atoms with van der Waals surface area (Å²) in [4.78, 5) is 17.1. The fraction of sp³-hybridized carbons (Fsp3) is 0.400. The normalized spacial score (nSPS) is 17.2. The molecule has 0 bridgehead atoms. The maximum absolute atomic E-state index is 11.6. The lowest BCUT2D eigenvalue weighted by Crippen LogP contribution is -2.33. The molecule has 1 rings (SSSR count). The monoisotopic (exact) mass is 178 g/mol. The third kappa shape index (κ3) is 1.54. The zero-order chi connectivity index (χ0) is 10.0. The second kappa shape index (κ2) is 3.56. The molecule has 0 saturated carbocycles. The van der Waals surface area contributed by atoms with Crippen molar-refractivity contribution in [1.29, 1.82) is 0 Å². The molecular formula is C10H14N2O. The van der Waals surface area contributed by atoms with Crippen LogP contribution in [0, 0.1) is 0 Å². The van der Waals surface area contributed by atoms with E-state index in [9.17, 15) is 4.79 Å². The summed E-state index contributed by atoms with van der Waals surface area (Å²) in [6, 6.07) is 0.196. The molecule has 1 heterocycles. The Kier molecular flexibility index (Phi) is 2.66. The molecule has 0 unspecified atom stereocenters. The highest BCUT2D eigenvalue weighted by Crippen LogP contribution is 2.22. The highest BCUT2D eigenvalue weighted by Gasteiger charge is 2.29. The summed E-state index contributed by atoms with van der Waals surface area (Å²) < 4.78 is 0. The third-order valence-corrected chi connectivity index (χ3v) is 2.14. The molecule has 13 heavy (non-hydrogen) atoms. The first-order valence-electron chi connectivity index (χ1n) is 4.25. The van der Waals surface area contributed by atoms with Gasteiger partial charge in [-0.25, -0.2) is 0 Å². The van der Waals surface area contributed by atoms with Crippen LogP contribution in [0.4, 0.5) is 0 Å². The Hall–Kier alpha value is -1.38. The number of carbonyl (C=O) groups excluding carboxylic acids is 1. The van der Waals surface area contributed by atoms with Crippen molar-refractivity contribution in [3.63, 3.8) is 0 Å². The molecule has 0 aliphatic carbocycles. The van der Waals surface area contributed by atoms with Crippen LogP contribution in [0.25, 0.3) is 0 Å². The van der Waals surface area contributed by atoms with Gasteiger partial charge in [-0.3, -0.25) is 9.79 Å². The van der Waals surface area contributed by atoms with Crippen molar-refractivity contribution in [3.8, 4) is 0 Å². The largest absolute Gasteiger partial charge is 0.330 e. The number of hydrogen-bond acceptors (Lipinski definition) is 2. The molecule has 0 aromatic heterocycles. The van der Waals surface area contributed by atoms with Crippen LogP contribution in [0.3, 0.4) is 0 Å². The Labute approximate surface area is 78.5 Å². The smallest absolute Gasteiger partial charge is 0.273 e. The van der Waals surface area contributed by atoms with Crippen LogP contribution in [-0.2, 0) is 4.79 Å². The van der Waals surface area contributed by atoms with Crippen molar-refractivity contribution in [2.75, 3.05) is 6.54 Å². The molecule has 0 spiro atoms. The van der Waals surface area contributed by atoms with Crippen molar-refractivity contribution in [2.45, 2.75) is 19.9 Å². The lowest BCUT2D eigenvalue weighted by molar-refractivity contribution is -0.126. The van der Waals surface area contributed by atoms with Gasteiger partial charge in [0.15, 0.2) is 0 Å². The predicted molar refractivity (Wildman–Crippen MR) is 53.6 cm³/mol. The maximum atomic E-state index is 11.6. The molecule has 3 heteroatoms. The van der Waals surface area contributed by atoms with Gasteiger partial charge in [-0.05, 0) is 20.6 Å². The molecule has 3 nitrogen and oxygen atoms in total. The van der Waals surface area contributed by atoms with E-state index in [1.165, 1.54) is 0 Å². The minimum absolute atomic E-state index is 0.0418. The summed E-state index contributed by atoms with van der Waals surface area (Å²) >= 11 is 0. The van der Waals surface area contributed by atoms with E-state index in [4.69, 9.17) is 0 Å². The van der Waals surface area contributed by atoms with Crippen LogP contribution < -0.4 is 0 Å². The fourth-order valence-electron chi connectivity index (χ4n) is 1.35. The first kappa shape index (κ1) is 9.71. The van der Waals surface area contributed by atoms with E-state index in [1.54, 1.807) is 11.0 Å². The lowest BCUT2D eigenvalue weighted by atomic mass is 10.2. The minimum Gasteiger partial charge on any atom is -0.330 e. The van der Waals surface area contributed by atoms with Crippen LogP contribution in [-0.4, -0.2) is 30.1 Å². The molecule has 70 valence electrons. The van der Waals surface area contributed by atoms with Gasteiger partial charge in [0.05, 0.1) is 0 Å². The number of carbonyl (C=O) groups is 1. The Balaban J connectivity index is 2.97. The van der Waals surface area contributed by atoms with E-state index >= 15 is 0 Å². The van der Waals surface area contributed by atoms with Gasteiger partial charge in [-0.15, -0.1) is 0 Å². The van der Waals surface area contributed by atoms with Crippen molar-refractivity contribution >= 4 is 12.6 Å². The van der Waals surface area contributed by atoms with Gasteiger partial charge in [0.2, 0.25) is 0 Å². The number of hydrogen-bond donors (Lipinski definition) is 0. The second-order valence-electron chi connectivity index (χ2n) is 3.26. The van der Waals surface area contributed by atoms with Crippen molar-refractivity contribution in [3.05, 3.63) is 23.9 Å². The number of rotatable bonds is 3. The van der Waals surface area contributed by atoms with Crippen LogP contribution in [0.2, 0.25) is 0 Å². The highest BCUT2D eigenvalue weighted by molar-refractivity contribution is 5.98. The van der Waals surface area contributed by atoms with E-state index in [-0.39, 0.29) is 11.9 Å². The summed E-state index contributed by atoms with van der Waals surface area (Å²) in [5.74, 6) is -0.0418. The van der Waals surface area contributed by atoms with Gasteiger partial charge in [-0.1, -0.05) is 12.7 Å². The first-order chi connectivity index (χ1) is 6.11. The van der Waals surface area contributed by atoms with Gasteiger partial charge in [0, 0.05) is 18.2 Å². The molecule has 0 fully saturated rings. The molecule has 0 atom stereocenters. The number of amides is 1. The first-order valence-corrected chi connectivity index (χ1v) is 4.25. The Morgan fingerprint density at radius 3 is 2.54 bits per heavy atom. The standard InChI is InChI=1S/C10H14N2O/c1-5-8-6-12(7(2)3)10(13)9(8)11-4/h5,7H,1,4,6H2,2-3H3. The van der Waals surface area contributed by atoms with Gasteiger partial charge in [0.1, 0.15) is 5.70 Å². The van der Waals surface area contributed by atoms with E-state index in [2.05, 4.69) is 18.3 Å². The molecule has 0 N–H and O–H groups in total. The van der Waals surface area contributed by atoms with Crippen molar-refractivity contribution in [2.24, 2.45) is 4.99 Å². The number of nitrogens with zero attached hydrogens (tertiary/aromatic N) is 2. The predicted octanol–water partition coefficient (Wildman–Crippen LogP) is 1.38. The Morgan fingerprint density at radius 1 is 1.62 bits per heavy atom. The van der Waals surface area contributed by atoms with Gasteiger partial charge in [-0.2, -0.15) is 0 Å². The average molecular weight is 178 g/mol. The number of aliphatic imine (C=N–C) groups is 1. The molecule has 1 amide bonds. The Bertz CT molecular complexity index is 289. The van der Waals surface area contributed by atoms with Crippen LogP contribution >= 0.6 is 0 Å². The zero-order valence-electron chi connectivity index (χ0n) is 8.08. The SMILES string of the molecule is C=CC1=C(N=C)C(=O)N(C(C)C)C1. The topological polar surface area (TPSA) is 32.7 Å². The molecule has 1 aliphatic rings. The third-order valence-electron chi connectivity index (χ3n) is 2.14. The minimum atomic E-state index is -0.0418. The average Bonchev–Trinajstić information content (AvgIpc) is 2.41. The second-order valence-corrected chi connectivity index (χ2v) is 3.26. The van der Waals surface area contributed by atoms with Crippen LogP contribution in [0.15, 0.2) is 28.9 Å². The van der Waals surface area contributed by atoms with E-state index in [0.717, 1.165) is 5.57 Å². The quantitative estimate of drug-likeness (QED) is 0.601. The van der Waals surface area contributed by atoms with Crippen molar-refractivity contribution < 1.29 is 4.79 Å². The molecule has 0 aromatic rings. The summed E-state index contributed by atoms with van der Waals surface area (Å²) in [6.45, 7) is 11.6. The Morgan fingerprint density at radius 2 is 2.23 bits per heavy atom. The van der Waals surface area contributed by atoms with Gasteiger partial charge >= 0.3 is 0 Å². The maximum Gasteiger partial charge on any atom is 0.273 e. The summed E-state index contributed by atoms with van der Waals surface area (Å²) in [6.07, 6.45) is 1.67. The summed E-state index contributed by atoms with van der Waals surface area (Å²) in [7, 11) is 0. The summed E-state index contributed by atoms with van der Waals surface area (Å²) in [5.41, 5.74) is 1.32. The molecule has 0 saturated heterocycles. The summed E-state index contributed by atoms with van der Waals surface area (Å²) in [5, 5.41) is 0. The highest BCUT2D eigenvalue weighted by atomic mass is 16.2. The van der Waals surface area contributed by atoms with Crippen LogP contribution in [0.5, 0.6) is 0 Å². The molecule has 1 aliphatic heterocycles. The van der Waals surface area contributed by atoms with Gasteiger partial charge < -0.3 is 4.90 Å². The lowest BCUT2D eigenvalue weighted by Gasteiger charge is -2.20. The van der Waals surface area contributed by atoms with E-state index in [1.807, 2.05) is 13.8 Å². The van der Waals surface area contributed by atoms with Gasteiger partial charge in [0.25, 0.3) is 5.91 Å². The molecular weight excluding hydrogens is 164 g/mol. The van der Waals surface area contributed by atoms with Crippen LogP contribution in [0.1, 0.15) is 13.8 Å². The molecule has 0 aromatic carbocycles.